The van der Waals surface area contributed by atoms with Crippen LogP contribution in [0.1, 0.15) is 26.2 Å². The summed E-state index contributed by atoms with van der Waals surface area (Å²) in [5.74, 6) is -2.48. The molecular formula is C14H18F2N2OS. The number of nitrogens with one attached hydrogen (secondary N) is 2. The number of alkyl halides is 2. The second-order valence-corrected chi connectivity index (χ2v) is 5.89. The van der Waals surface area contributed by atoms with E-state index in [-0.39, 0.29) is 5.91 Å². The van der Waals surface area contributed by atoms with Gasteiger partial charge in [-0.25, -0.2) is 0 Å². The van der Waals surface area contributed by atoms with Gasteiger partial charge in [-0.2, -0.15) is 8.78 Å². The van der Waals surface area contributed by atoms with Crippen molar-refractivity contribution in [2.45, 2.75) is 42.4 Å². The number of hydrogen-bond donors (Lipinski definition) is 2. The second-order valence-electron chi connectivity index (χ2n) is 4.82. The van der Waals surface area contributed by atoms with Crippen LogP contribution >= 0.6 is 11.8 Å². The maximum atomic E-state index is 12.3. The van der Waals surface area contributed by atoms with Crippen LogP contribution in [0.25, 0.3) is 0 Å². The summed E-state index contributed by atoms with van der Waals surface area (Å²) in [6.07, 6.45) is 2.55. The lowest BCUT2D eigenvalue weighted by Gasteiger charge is -2.26. The lowest BCUT2D eigenvalue weighted by Crippen LogP contribution is -2.50. The second kappa shape index (κ2) is 6.54. The average molecular weight is 300 g/mol. The molecule has 110 valence electrons. The predicted octanol–water partition coefficient (Wildman–Crippen LogP) is 3.47. The average Bonchev–Trinajstić information content (AvgIpc) is 2.90. The van der Waals surface area contributed by atoms with E-state index in [0.717, 1.165) is 25.8 Å². The highest BCUT2D eigenvalue weighted by Crippen LogP contribution is 2.28. The van der Waals surface area contributed by atoms with Gasteiger partial charge in [0.15, 0.2) is 0 Å². The zero-order valence-corrected chi connectivity index (χ0v) is 12.1. The van der Waals surface area contributed by atoms with Gasteiger partial charge in [0.05, 0.1) is 5.54 Å². The summed E-state index contributed by atoms with van der Waals surface area (Å²) in [6, 6.07) is 6.49. The van der Waals surface area contributed by atoms with Gasteiger partial charge in [-0.15, -0.1) is 0 Å². The molecule has 1 fully saturated rings. The van der Waals surface area contributed by atoms with Crippen LogP contribution in [0.3, 0.4) is 0 Å². The minimum Gasteiger partial charge on any atom is -0.324 e. The Morgan fingerprint density at radius 3 is 2.65 bits per heavy atom. The Morgan fingerprint density at radius 1 is 1.45 bits per heavy atom. The van der Waals surface area contributed by atoms with Crippen molar-refractivity contribution in [1.82, 2.24) is 5.32 Å². The highest BCUT2D eigenvalue weighted by molar-refractivity contribution is 7.99. The van der Waals surface area contributed by atoms with Crippen LogP contribution in [0.2, 0.25) is 0 Å². The maximum Gasteiger partial charge on any atom is 0.288 e. The van der Waals surface area contributed by atoms with E-state index in [1.165, 1.54) is 0 Å². The van der Waals surface area contributed by atoms with E-state index in [4.69, 9.17) is 0 Å². The molecule has 1 aliphatic heterocycles. The van der Waals surface area contributed by atoms with Gasteiger partial charge in [-0.05, 0) is 50.1 Å². The molecule has 0 bridgehead atoms. The summed E-state index contributed by atoms with van der Waals surface area (Å²) >= 11 is 0.497. The van der Waals surface area contributed by atoms with Gasteiger partial charge in [-0.3, -0.25) is 4.79 Å². The molecule has 20 heavy (non-hydrogen) atoms. The summed E-state index contributed by atoms with van der Waals surface area (Å²) in [6.45, 7) is 2.84. The van der Waals surface area contributed by atoms with E-state index in [2.05, 4.69) is 10.6 Å². The Labute approximate surface area is 121 Å². The molecule has 1 atom stereocenters. The first-order chi connectivity index (χ1) is 9.55. The van der Waals surface area contributed by atoms with Crippen LogP contribution in [-0.4, -0.2) is 23.7 Å². The van der Waals surface area contributed by atoms with Gasteiger partial charge in [0.2, 0.25) is 5.91 Å². The standard InChI is InChI=1S/C14H18F2N2OS/c1-2-14(8-3-9-17-14)12(19)18-10-4-6-11(7-5-10)20-13(15)16/h4-7,13,17H,2-3,8-9H2,1H3,(H,18,19). The molecule has 2 N–H and O–H groups in total. The Kier molecular flexibility index (Phi) is 4.99. The first kappa shape index (κ1) is 15.3. The largest absolute Gasteiger partial charge is 0.324 e. The molecule has 1 amide bonds. The first-order valence-corrected chi connectivity index (χ1v) is 7.55. The summed E-state index contributed by atoms with van der Waals surface area (Å²) in [5.41, 5.74) is 0.145. The van der Waals surface area contributed by atoms with Crippen LogP contribution in [0.15, 0.2) is 29.2 Å². The molecule has 1 heterocycles. The molecule has 6 heteroatoms. The molecule has 1 aromatic rings. The van der Waals surface area contributed by atoms with E-state index in [9.17, 15) is 13.6 Å². The van der Waals surface area contributed by atoms with E-state index in [0.29, 0.717) is 22.3 Å². The monoisotopic (exact) mass is 300 g/mol. The van der Waals surface area contributed by atoms with Crippen LogP contribution in [0, 0.1) is 0 Å². The number of amides is 1. The van der Waals surface area contributed by atoms with E-state index < -0.39 is 11.3 Å². The smallest absolute Gasteiger partial charge is 0.288 e. The molecular weight excluding hydrogens is 282 g/mol. The summed E-state index contributed by atoms with van der Waals surface area (Å²) in [4.78, 5) is 12.8. The molecule has 1 saturated heterocycles. The zero-order valence-electron chi connectivity index (χ0n) is 11.3. The third kappa shape index (κ3) is 3.49. The Morgan fingerprint density at radius 2 is 2.15 bits per heavy atom. The van der Waals surface area contributed by atoms with E-state index >= 15 is 0 Å². The molecule has 3 nitrogen and oxygen atoms in total. The van der Waals surface area contributed by atoms with Crippen molar-refractivity contribution in [1.29, 1.82) is 0 Å². The number of hydrogen-bond acceptors (Lipinski definition) is 3. The van der Waals surface area contributed by atoms with Gasteiger partial charge >= 0.3 is 0 Å². The van der Waals surface area contributed by atoms with Crippen LogP contribution in [-0.2, 0) is 4.79 Å². The highest BCUT2D eigenvalue weighted by atomic mass is 32.2. The van der Waals surface area contributed by atoms with Crippen LogP contribution in [0.4, 0.5) is 14.5 Å². The molecule has 0 aliphatic carbocycles. The van der Waals surface area contributed by atoms with Crippen molar-refractivity contribution < 1.29 is 13.6 Å². The summed E-state index contributed by atoms with van der Waals surface area (Å²) in [5, 5.41) is 6.12. The molecule has 0 aromatic heterocycles. The van der Waals surface area contributed by atoms with Crippen molar-refractivity contribution in [3.8, 4) is 0 Å². The third-order valence-corrected chi connectivity index (χ3v) is 4.34. The van der Waals surface area contributed by atoms with E-state index in [1.54, 1.807) is 24.3 Å². The summed E-state index contributed by atoms with van der Waals surface area (Å²) < 4.78 is 24.4. The molecule has 2 rings (SSSR count). The van der Waals surface area contributed by atoms with Crippen molar-refractivity contribution >= 4 is 23.4 Å². The van der Waals surface area contributed by atoms with Gasteiger partial charge in [0.1, 0.15) is 0 Å². The minimum absolute atomic E-state index is 0.0493. The Bertz CT molecular complexity index is 459. The molecule has 1 unspecified atom stereocenters. The fourth-order valence-electron chi connectivity index (χ4n) is 2.43. The highest BCUT2D eigenvalue weighted by Gasteiger charge is 2.38. The fourth-order valence-corrected chi connectivity index (χ4v) is 2.93. The lowest BCUT2D eigenvalue weighted by atomic mass is 9.93. The lowest BCUT2D eigenvalue weighted by molar-refractivity contribution is -0.122. The number of benzene rings is 1. The Balaban J connectivity index is 2.00. The molecule has 0 radical (unpaired) electrons. The minimum atomic E-state index is -2.43. The quantitative estimate of drug-likeness (QED) is 0.818. The van der Waals surface area contributed by atoms with Crippen molar-refractivity contribution in [3.63, 3.8) is 0 Å². The molecule has 0 saturated carbocycles. The number of rotatable bonds is 5. The molecule has 1 aliphatic rings. The topological polar surface area (TPSA) is 41.1 Å². The number of carbonyl (C=O) groups is 1. The van der Waals surface area contributed by atoms with Gasteiger partial charge in [0.25, 0.3) is 5.76 Å². The number of anilines is 1. The van der Waals surface area contributed by atoms with Gasteiger partial charge < -0.3 is 10.6 Å². The van der Waals surface area contributed by atoms with Crippen molar-refractivity contribution in [2.75, 3.05) is 11.9 Å². The third-order valence-electron chi connectivity index (χ3n) is 3.62. The summed E-state index contributed by atoms with van der Waals surface area (Å²) in [7, 11) is 0. The van der Waals surface area contributed by atoms with Crippen LogP contribution < -0.4 is 10.6 Å². The fraction of sp³-hybridized carbons (Fsp3) is 0.500. The maximum absolute atomic E-state index is 12.3. The van der Waals surface area contributed by atoms with E-state index in [1.807, 2.05) is 6.92 Å². The molecule has 0 spiro atoms. The normalized spacial score (nSPS) is 22.2. The SMILES string of the molecule is CCC1(C(=O)Nc2ccc(SC(F)F)cc2)CCCN1. The number of thioether (sulfide) groups is 1. The number of carbonyl (C=O) groups excluding carboxylic acids is 1. The zero-order chi connectivity index (χ0) is 14.6. The van der Waals surface area contributed by atoms with Gasteiger partial charge in [0, 0.05) is 10.6 Å². The number of halogens is 2. The molecule has 1 aromatic carbocycles. The first-order valence-electron chi connectivity index (χ1n) is 6.67. The van der Waals surface area contributed by atoms with Crippen molar-refractivity contribution in [3.05, 3.63) is 24.3 Å². The van der Waals surface area contributed by atoms with Crippen molar-refractivity contribution in [2.24, 2.45) is 0 Å². The van der Waals surface area contributed by atoms with Gasteiger partial charge in [-0.1, -0.05) is 18.7 Å². The predicted molar refractivity (Wildman–Crippen MR) is 77.2 cm³/mol. The Hall–Kier alpha value is -1.14. The van der Waals surface area contributed by atoms with Crippen LogP contribution in [0.5, 0.6) is 0 Å².